The Labute approximate surface area is 151 Å². The molecule has 3 rings (SSSR count). The quantitative estimate of drug-likeness (QED) is 0.605. The third-order valence-electron chi connectivity index (χ3n) is 4.38. The highest BCUT2D eigenvalue weighted by Crippen LogP contribution is 2.26. The summed E-state index contributed by atoms with van der Waals surface area (Å²) in [5, 5.41) is 13.7. The molecular weight excluding hydrogens is 332 g/mol. The molecule has 26 heavy (non-hydrogen) atoms. The number of methoxy groups -OCH3 is 2. The molecule has 136 valence electrons. The van der Waals surface area contributed by atoms with Crippen molar-refractivity contribution in [3.05, 3.63) is 58.8 Å². The summed E-state index contributed by atoms with van der Waals surface area (Å²) in [4.78, 5) is 14.6. The van der Waals surface area contributed by atoms with Crippen LogP contribution in [0.4, 0.5) is 0 Å². The van der Waals surface area contributed by atoms with Crippen LogP contribution >= 0.6 is 0 Å². The molecule has 0 aliphatic heterocycles. The summed E-state index contributed by atoms with van der Waals surface area (Å²) in [6, 6.07) is 11.5. The van der Waals surface area contributed by atoms with E-state index in [1.54, 1.807) is 14.2 Å². The van der Waals surface area contributed by atoms with Crippen LogP contribution in [-0.2, 0) is 13.1 Å². The SMILES string of the molecule is COc1ccc(OC)c(CNCc2c(C(=O)O)[nH]c3cc(C)ccc23)c1. The summed E-state index contributed by atoms with van der Waals surface area (Å²) >= 11 is 0. The Morgan fingerprint density at radius 1 is 1.12 bits per heavy atom. The summed E-state index contributed by atoms with van der Waals surface area (Å²) in [7, 11) is 3.24. The molecule has 0 radical (unpaired) electrons. The Morgan fingerprint density at radius 2 is 1.92 bits per heavy atom. The van der Waals surface area contributed by atoms with Gasteiger partial charge in [0.2, 0.25) is 0 Å². The van der Waals surface area contributed by atoms with E-state index in [2.05, 4.69) is 10.3 Å². The van der Waals surface area contributed by atoms with Crippen LogP contribution in [0.25, 0.3) is 10.9 Å². The highest BCUT2D eigenvalue weighted by molar-refractivity contribution is 5.97. The zero-order valence-corrected chi connectivity index (χ0v) is 15.1. The average Bonchev–Trinajstić information content (AvgIpc) is 2.99. The Kier molecular flexibility index (Phi) is 5.14. The molecule has 0 unspecified atom stereocenters. The first-order valence-corrected chi connectivity index (χ1v) is 8.29. The molecule has 6 nitrogen and oxygen atoms in total. The molecule has 3 N–H and O–H groups in total. The molecule has 0 fully saturated rings. The smallest absolute Gasteiger partial charge is 0.352 e. The number of benzene rings is 2. The van der Waals surface area contributed by atoms with Crippen LogP contribution < -0.4 is 14.8 Å². The number of aromatic nitrogens is 1. The molecule has 1 heterocycles. The fraction of sp³-hybridized carbons (Fsp3) is 0.250. The van der Waals surface area contributed by atoms with Gasteiger partial charge in [0.05, 0.1) is 14.2 Å². The second-order valence-corrected chi connectivity index (χ2v) is 6.11. The predicted octanol–water partition coefficient (Wildman–Crippen LogP) is 3.48. The van der Waals surface area contributed by atoms with E-state index in [1.807, 2.05) is 43.3 Å². The van der Waals surface area contributed by atoms with Crippen molar-refractivity contribution in [1.82, 2.24) is 10.3 Å². The normalized spacial score (nSPS) is 10.9. The van der Waals surface area contributed by atoms with Gasteiger partial charge in [0, 0.05) is 35.1 Å². The van der Waals surface area contributed by atoms with Crippen molar-refractivity contribution in [2.45, 2.75) is 20.0 Å². The summed E-state index contributed by atoms with van der Waals surface area (Å²) in [5.41, 5.74) is 3.82. The number of hydrogen-bond donors (Lipinski definition) is 3. The number of carbonyl (C=O) groups is 1. The third-order valence-corrected chi connectivity index (χ3v) is 4.38. The Balaban J connectivity index is 1.84. The first-order chi connectivity index (χ1) is 12.5. The minimum Gasteiger partial charge on any atom is -0.497 e. The van der Waals surface area contributed by atoms with E-state index in [4.69, 9.17) is 9.47 Å². The Bertz CT molecular complexity index is 946. The number of rotatable bonds is 7. The monoisotopic (exact) mass is 354 g/mol. The fourth-order valence-corrected chi connectivity index (χ4v) is 3.08. The van der Waals surface area contributed by atoms with Crippen LogP contribution in [0.2, 0.25) is 0 Å². The number of ether oxygens (including phenoxy) is 2. The van der Waals surface area contributed by atoms with Gasteiger partial charge in [-0.25, -0.2) is 4.79 Å². The van der Waals surface area contributed by atoms with Gasteiger partial charge in [0.25, 0.3) is 0 Å². The number of fused-ring (bicyclic) bond motifs is 1. The van der Waals surface area contributed by atoms with Crippen LogP contribution in [0, 0.1) is 6.92 Å². The van der Waals surface area contributed by atoms with E-state index in [9.17, 15) is 9.90 Å². The van der Waals surface area contributed by atoms with E-state index < -0.39 is 5.97 Å². The zero-order valence-electron chi connectivity index (χ0n) is 15.1. The Hall–Kier alpha value is -2.99. The number of carboxylic acids is 1. The molecule has 2 aromatic carbocycles. The maximum absolute atomic E-state index is 11.6. The second-order valence-electron chi connectivity index (χ2n) is 6.11. The van der Waals surface area contributed by atoms with Crippen molar-refractivity contribution < 1.29 is 19.4 Å². The van der Waals surface area contributed by atoms with Gasteiger partial charge >= 0.3 is 5.97 Å². The van der Waals surface area contributed by atoms with Crippen molar-refractivity contribution in [3.63, 3.8) is 0 Å². The molecule has 0 bridgehead atoms. The van der Waals surface area contributed by atoms with Crippen LogP contribution in [0.15, 0.2) is 36.4 Å². The fourth-order valence-electron chi connectivity index (χ4n) is 3.08. The molecular formula is C20H22N2O4. The molecule has 0 spiro atoms. The van der Waals surface area contributed by atoms with Gasteiger partial charge in [-0.05, 0) is 36.8 Å². The van der Waals surface area contributed by atoms with Crippen molar-refractivity contribution in [2.24, 2.45) is 0 Å². The standard InChI is InChI=1S/C20H22N2O4/c1-12-4-6-15-16(19(20(23)24)22-17(15)8-12)11-21-10-13-9-14(25-2)5-7-18(13)26-3/h4-9,21-22H,10-11H2,1-3H3,(H,23,24). The molecule has 0 atom stereocenters. The number of nitrogens with one attached hydrogen (secondary N) is 2. The van der Waals surface area contributed by atoms with Crippen LogP contribution in [0.5, 0.6) is 11.5 Å². The van der Waals surface area contributed by atoms with Crippen LogP contribution in [0.3, 0.4) is 0 Å². The maximum atomic E-state index is 11.6. The second kappa shape index (κ2) is 7.49. The van der Waals surface area contributed by atoms with E-state index in [0.717, 1.165) is 39.1 Å². The van der Waals surface area contributed by atoms with E-state index in [-0.39, 0.29) is 5.69 Å². The number of aryl methyl sites for hydroxylation is 1. The first kappa shape index (κ1) is 17.8. The van der Waals surface area contributed by atoms with E-state index in [0.29, 0.717) is 13.1 Å². The molecule has 3 aromatic rings. The van der Waals surface area contributed by atoms with Crippen molar-refractivity contribution in [2.75, 3.05) is 14.2 Å². The number of aromatic amines is 1. The number of hydrogen-bond acceptors (Lipinski definition) is 4. The predicted molar refractivity (Wildman–Crippen MR) is 100 cm³/mol. The van der Waals surface area contributed by atoms with Crippen molar-refractivity contribution in [1.29, 1.82) is 0 Å². The van der Waals surface area contributed by atoms with Gasteiger partial charge in [0.1, 0.15) is 17.2 Å². The van der Waals surface area contributed by atoms with E-state index in [1.165, 1.54) is 0 Å². The molecule has 0 aliphatic carbocycles. The molecule has 0 aliphatic rings. The zero-order chi connectivity index (χ0) is 18.7. The first-order valence-electron chi connectivity index (χ1n) is 8.29. The number of carboxylic acid groups (broad SMARTS) is 1. The number of aromatic carboxylic acids is 1. The number of H-pyrrole nitrogens is 1. The maximum Gasteiger partial charge on any atom is 0.352 e. The van der Waals surface area contributed by atoms with Crippen molar-refractivity contribution >= 4 is 16.9 Å². The van der Waals surface area contributed by atoms with Gasteiger partial charge < -0.3 is 24.9 Å². The van der Waals surface area contributed by atoms with Crippen molar-refractivity contribution in [3.8, 4) is 11.5 Å². The lowest BCUT2D eigenvalue weighted by Crippen LogP contribution is -2.15. The summed E-state index contributed by atoms with van der Waals surface area (Å²) in [6.45, 7) is 2.93. The summed E-state index contributed by atoms with van der Waals surface area (Å²) < 4.78 is 10.6. The van der Waals surface area contributed by atoms with Gasteiger partial charge in [0.15, 0.2) is 0 Å². The minimum absolute atomic E-state index is 0.218. The van der Waals surface area contributed by atoms with E-state index >= 15 is 0 Å². The lowest BCUT2D eigenvalue weighted by molar-refractivity contribution is 0.0690. The molecule has 6 heteroatoms. The molecule has 1 aromatic heterocycles. The molecule has 0 saturated carbocycles. The lowest BCUT2D eigenvalue weighted by Gasteiger charge is -2.11. The topological polar surface area (TPSA) is 83.6 Å². The minimum atomic E-state index is -0.963. The highest BCUT2D eigenvalue weighted by atomic mass is 16.5. The van der Waals surface area contributed by atoms with Gasteiger partial charge in [-0.2, -0.15) is 0 Å². The van der Waals surface area contributed by atoms with Crippen LogP contribution in [0.1, 0.15) is 27.2 Å². The Morgan fingerprint density at radius 3 is 2.62 bits per heavy atom. The summed E-state index contributed by atoms with van der Waals surface area (Å²) in [6.07, 6.45) is 0. The molecule has 0 amide bonds. The highest BCUT2D eigenvalue weighted by Gasteiger charge is 2.17. The average molecular weight is 354 g/mol. The van der Waals surface area contributed by atoms with Crippen LogP contribution in [-0.4, -0.2) is 30.3 Å². The van der Waals surface area contributed by atoms with Gasteiger partial charge in [-0.15, -0.1) is 0 Å². The summed E-state index contributed by atoms with van der Waals surface area (Å²) in [5.74, 6) is 0.539. The van der Waals surface area contributed by atoms with Gasteiger partial charge in [-0.3, -0.25) is 0 Å². The third kappa shape index (κ3) is 3.50. The molecule has 0 saturated heterocycles. The lowest BCUT2D eigenvalue weighted by atomic mass is 10.1. The van der Waals surface area contributed by atoms with Gasteiger partial charge in [-0.1, -0.05) is 12.1 Å². The largest absolute Gasteiger partial charge is 0.497 e.